The third kappa shape index (κ3) is 4.62. The van der Waals surface area contributed by atoms with Crippen molar-refractivity contribution in [2.45, 2.75) is 33.1 Å². The van der Waals surface area contributed by atoms with E-state index < -0.39 is 0 Å². The number of ether oxygens (including phenoxy) is 1. The first-order chi connectivity index (χ1) is 10.6. The predicted octanol–water partition coefficient (Wildman–Crippen LogP) is 4.39. The van der Waals surface area contributed by atoms with Crippen molar-refractivity contribution in [2.24, 2.45) is 0 Å². The van der Waals surface area contributed by atoms with E-state index in [1.165, 1.54) is 11.1 Å². The molecule has 1 N–H and O–H groups in total. The summed E-state index contributed by atoms with van der Waals surface area (Å²) in [6.07, 6.45) is 0.950. The lowest BCUT2D eigenvalue weighted by Gasteiger charge is -2.10. The first kappa shape index (κ1) is 16.1. The summed E-state index contributed by atoms with van der Waals surface area (Å²) >= 11 is 0. The van der Waals surface area contributed by atoms with Crippen molar-refractivity contribution in [3.8, 4) is 5.75 Å². The number of nitrogens with one attached hydrogen (secondary N) is 1. The fourth-order valence-electron chi connectivity index (χ4n) is 2.15. The molecule has 0 bridgehead atoms. The highest BCUT2D eigenvalue weighted by molar-refractivity contribution is 5.91. The van der Waals surface area contributed by atoms with Crippen molar-refractivity contribution in [3.63, 3.8) is 0 Å². The van der Waals surface area contributed by atoms with Gasteiger partial charge in [0.1, 0.15) is 5.75 Å². The highest BCUT2D eigenvalue weighted by atomic mass is 16.5. The summed E-state index contributed by atoms with van der Waals surface area (Å²) in [5.74, 6) is 1.06. The Morgan fingerprint density at radius 2 is 1.86 bits per heavy atom. The van der Waals surface area contributed by atoms with Gasteiger partial charge in [-0.1, -0.05) is 45.0 Å². The first-order valence-electron chi connectivity index (χ1n) is 7.70. The molecule has 1 amide bonds. The quantitative estimate of drug-likeness (QED) is 0.858. The van der Waals surface area contributed by atoms with Gasteiger partial charge in [0.25, 0.3) is 5.91 Å². The molecule has 116 valence electrons. The van der Waals surface area contributed by atoms with Gasteiger partial charge in [-0.15, -0.1) is 0 Å². The summed E-state index contributed by atoms with van der Waals surface area (Å²) in [6.45, 7) is 6.39. The van der Waals surface area contributed by atoms with Crippen molar-refractivity contribution in [1.82, 2.24) is 0 Å². The molecule has 0 aliphatic heterocycles. The van der Waals surface area contributed by atoms with E-state index in [4.69, 9.17) is 4.74 Å². The lowest BCUT2D eigenvalue weighted by atomic mass is 10.0. The Morgan fingerprint density at radius 1 is 1.14 bits per heavy atom. The molecule has 2 aromatic carbocycles. The lowest BCUT2D eigenvalue weighted by molar-refractivity contribution is -0.118. The maximum atomic E-state index is 11.9. The summed E-state index contributed by atoms with van der Waals surface area (Å²) < 4.78 is 5.53. The fourth-order valence-corrected chi connectivity index (χ4v) is 2.15. The van der Waals surface area contributed by atoms with Crippen LogP contribution in [0.15, 0.2) is 48.5 Å². The summed E-state index contributed by atoms with van der Waals surface area (Å²) in [4.78, 5) is 11.9. The van der Waals surface area contributed by atoms with Crippen molar-refractivity contribution in [1.29, 1.82) is 0 Å². The van der Waals surface area contributed by atoms with Gasteiger partial charge in [-0.05, 0) is 47.7 Å². The second-order valence-corrected chi connectivity index (χ2v) is 5.61. The molecule has 0 radical (unpaired) electrons. The number of hydrogen-bond donors (Lipinski definition) is 1. The van der Waals surface area contributed by atoms with Crippen LogP contribution in [0.3, 0.4) is 0 Å². The lowest BCUT2D eigenvalue weighted by Crippen LogP contribution is -2.20. The molecule has 0 heterocycles. The van der Waals surface area contributed by atoms with Crippen LogP contribution in [-0.4, -0.2) is 12.5 Å². The van der Waals surface area contributed by atoms with E-state index in [0.717, 1.165) is 17.9 Å². The monoisotopic (exact) mass is 297 g/mol. The summed E-state index contributed by atoms with van der Waals surface area (Å²) in [5, 5.41) is 2.84. The fraction of sp³-hybridized carbons (Fsp3) is 0.316. The Bertz CT molecular complexity index is 618. The summed E-state index contributed by atoms with van der Waals surface area (Å²) in [7, 11) is 0. The SMILES string of the molecule is CCc1cccc(OCC(=O)Nc2ccc(C(C)C)cc2)c1. The first-order valence-corrected chi connectivity index (χ1v) is 7.70. The molecule has 0 aliphatic rings. The highest BCUT2D eigenvalue weighted by Gasteiger charge is 2.05. The van der Waals surface area contributed by atoms with E-state index in [0.29, 0.717) is 5.92 Å². The van der Waals surface area contributed by atoms with Gasteiger partial charge in [0, 0.05) is 5.69 Å². The minimum Gasteiger partial charge on any atom is -0.484 e. The number of amides is 1. The Morgan fingerprint density at radius 3 is 2.50 bits per heavy atom. The molecule has 2 rings (SSSR count). The molecular formula is C19H23NO2. The molecule has 0 aromatic heterocycles. The van der Waals surface area contributed by atoms with Gasteiger partial charge in [0.05, 0.1) is 0 Å². The third-order valence-electron chi connectivity index (χ3n) is 3.54. The second kappa shape index (κ2) is 7.64. The van der Waals surface area contributed by atoms with Gasteiger partial charge in [-0.3, -0.25) is 4.79 Å². The Balaban J connectivity index is 1.87. The van der Waals surface area contributed by atoms with Crippen LogP contribution in [-0.2, 0) is 11.2 Å². The van der Waals surface area contributed by atoms with E-state index in [2.05, 4.69) is 26.1 Å². The minimum absolute atomic E-state index is 0.0130. The summed E-state index contributed by atoms with van der Waals surface area (Å²) in [6, 6.07) is 15.7. The van der Waals surface area contributed by atoms with Gasteiger partial charge < -0.3 is 10.1 Å². The van der Waals surface area contributed by atoms with Gasteiger partial charge in [-0.25, -0.2) is 0 Å². The summed E-state index contributed by atoms with van der Waals surface area (Å²) in [5.41, 5.74) is 3.24. The molecular weight excluding hydrogens is 274 g/mol. The smallest absolute Gasteiger partial charge is 0.262 e. The van der Waals surface area contributed by atoms with Crippen LogP contribution < -0.4 is 10.1 Å². The van der Waals surface area contributed by atoms with E-state index >= 15 is 0 Å². The number of anilines is 1. The van der Waals surface area contributed by atoms with Crippen molar-refractivity contribution >= 4 is 11.6 Å². The molecule has 0 fully saturated rings. The largest absolute Gasteiger partial charge is 0.484 e. The minimum atomic E-state index is -0.154. The zero-order valence-corrected chi connectivity index (χ0v) is 13.4. The zero-order chi connectivity index (χ0) is 15.9. The maximum absolute atomic E-state index is 11.9. The van der Waals surface area contributed by atoms with Gasteiger partial charge in [0.2, 0.25) is 0 Å². The number of carbonyl (C=O) groups excluding carboxylic acids is 1. The van der Waals surface area contributed by atoms with Gasteiger partial charge in [-0.2, -0.15) is 0 Å². The highest BCUT2D eigenvalue weighted by Crippen LogP contribution is 2.17. The number of hydrogen-bond acceptors (Lipinski definition) is 2. The van der Waals surface area contributed by atoms with Gasteiger partial charge in [0.15, 0.2) is 6.61 Å². The average Bonchev–Trinajstić information content (AvgIpc) is 2.53. The molecule has 0 aliphatic carbocycles. The standard InChI is InChI=1S/C19H23NO2/c1-4-15-6-5-7-18(12-15)22-13-19(21)20-17-10-8-16(9-11-17)14(2)3/h5-12,14H,4,13H2,1-3H3,(H,20,21). The van der Waals surface area contributed by atoms with Crippen molar-refractivity contribution < 1.29 is 9.53 Å². The molecule has 3 heteroatoms. The molecule has 0 saturated heterocycles. The van der Waals surface area contributed by atoms with Crippen LogP contribution in [0.25, 0.3) is 0 Å². The van der Waals surface area contributed by atoms with Crippen LogP contribution >= 0.6 is 0 Å². The number of benzene rings is 2. The molecule has 22 heavy (non-hydrogen) atoms. The van der Waals surface area contributed by atoms with Crippen LogP contribution in [0.5, 0.6) is 5.75 Å². The van der Waals surface area contributed by atoms with Crippen LogP contribution in [0.1, 0.15) is 37.8 Å². The number of carbonyl (C=O) groups is 1. The van der Waals surface area contributed by atoms with Crippen LogP contribution in [0.2, 0.25) is 0 Å². The van der Waals surface area contributed by atoms with Crippen LogP contribution in [0.4, 0.5) is 5.69 Å². The van der Waals surface area contributed by atoms with Crippen molar-refractivity contribution in [3.05, 3.63) is 59.7 Å². The van der Waals surface area contributed by atoms with Gasteiger partial charge >= 0.3 is 0 Å². The second-order valence-electron chi connectivity index (χ2n) is 5.61. The predicted molar refractivity (Wildman–Crippen MR) is 90.5 cm³/mol. The molecule has 2 aromatic rings. The molecule has 0 saturated carbocycles. The number of rotatable bonds is 6. The average molecular weight is 297 g/mol. The molecule has 3 nitrogen and oxygen atoms in total. The maximum Gasteiger partial charge on any atom is 0.262 e. The molecule has 0 unspecified atom stereocenters. The molecule has 0 spiro atoms. The van der Waals surface area contributed by atoms with E-state index in [1.54, 1.807) is 0 Å². The number of aryl methyl sites for hydroxylation is 1. The molecule has 0 atom stereocenters. The van der Waals surface area contributed by atoms with E-state index in [1.807, 2.05) is 48.5 Å². The third-order valence-corrected chi connectivity index (χ3v) is 3.54. The Hall–Kier alpha value is -2.29. The van der Waals surface area contributed by atoms with Crippen molar-refractivity contribution in [2.75, 3.05) is 11.9 Å². The topological polar surface area (TPSA) is 38.3 Å². The van der Waals surface area contributed by atoms with Crippen LogP contribution in [0, 0.1) is 0 Å². The Kier molecular flexibility index (Phi) is 5.59. The van der Waals surface area contributed by atoms with E-state index in [-0.39, 0.29) is 12.5 Å². The Labute approximate surface area is 132 Å². The zero-order valence-electron chi connectivity index (χ0n) is 13.4. The van der Waals surface area contributed by atoms with E-state index in [9.17, 15) is 4.79 Å². The normalized spacial score (nSPS) is 10.5.